The molecule has 186 valence electrons. The summed E-state index contributed by atoms with van der Waals surface area (Å²) in [5.41, 5.74) is 2.82. The van der Waals surface area contributed by atoms with Gasteiger partial charge >= 0.3 is 0 Å². The van der Waals surface area contributed by atoms with Gasteiger partial charge in [-0.05, 0) is 63.6 Å². The van der Waals surface area contributed by atoms with Crippen LogP contribution in [0.25, 0.3) is 11.4 Å². The van der Waals surface area contributed by atoms with E-state index < -0.39 is 11.6 Å². The molecular formula is C27H30N6O3. The Morgan fingerprint density at radius 2 is 1.75 bits per heavy atom. The van der Waals surface area contributed by atoms with Crippen molar-refractivity contribution in [2.75, 3.05) is 4.90 Å². The lowest BCUT2D eigenvalue weighted by molar-refractivity contribution is -0.128. The topological polar surface area (TPSA) is 106 Å². The fourth-order valence-corrected chi connectivity index (χ4v) is 3.84. The number of furan rings is 1. The van der Waals surface area contributed by atoms with Gasteiger partial charge in [0.1, 0.15) is 12.3 Å². The Hall–Kier alpha value is -4.27. The Kier molecular flexibility index (Phi) is 7.00. The first kappa shape index (κ1) is 24.8. The molecule has 0 radical (unpaired) electrons. The lowest BCUT2D eigenvalue weighted by Crippen LogP contribution is -2.50. The van der Waals surface area contributed by atoms with E-state index in [1.54, 1.807) is 18.2 Å². The molecule has 2 aromatic carbocycles. The smallest absolute Gasteiger partial charge is 0.251 e. The summed E-state index contributed by atoms with van der Waals surface area (Å²) in [6.45, 7) is 9.33. The number of rotatable bonds is 7. The molecule has 2 amide bonds. The molecule has 0 saturated heterocycles. The van der Waals surface area contributed by atoms with Crippen molar-refractivity contribution in [1.29, 1.82) is 0 Å². The zero-order chi connectivity index (χ0) is 25.9. The number of anilines is 1. The molecule has 0 bridgehead atoms. The molecule has 0 saturated carbocycles. The average molecular weight is 487 g/mol. The molecule has 1 N–H and O–H groups in total. The molecule has 0 unspecified atom stereocenters. The first-order valence-electron chi connectivity index (χ1n) is 11.7. The van der Waals surface area contributed by atoms with Crippen LogP contribution in [0.5, 0.6) is 0 Å². The van der Waals surface area contributed by atoms with Gasteiger partial charge in [-0.3, -0.25) is 14.5 Å². The van der Waals surface area contributed by atoms with Gasteiger partial charge in [0.05, 0.1) is 6.26 Å². The number of nitrogens with one attached hydrogen (secondary N) is 1. The summed E-state index contributed by atoms with van der Waals surface area (Å²) in [4.78, 5) is 30.1. The second-order valence-electron chi connectivity index (χ2n) is 9.72. The van der Waals surface area contributed by atoms with Gasteiger partial charge in [-0.15, -0.1) is 10.2 Å². The van der Waals surface area contributed by atoms with Crippen molar-refractivity contribution in [2.24, 2.45) is 0 Å². The molecule has 0 aliphatic carbocycles. The second kappa shape index (κ2) is 10.2. The first-order valence-corrected chi connectivity index (χ1v) is 11.7. The van der Waals surface area contributed by atoms with E-state index in [4.69, 9.17) is 4.42 Å². The van der Waals surface area contributed by atoms with E-state index in [1.807, 2.05) is 77.1 Å². The quantitative estimate of drug-likeness (QED) is 0.419. The summed E-state index contributed by atoms with van der Waals surface area (Å²) < 4.78 is 5.64. The van der Waals surface area contributed by atoms with Crippen LogP contribution >= 0.6 is 0 Å². The number of benzene rings is 2. The summed E-state index contributed by atoms with van der Waals surface area (Å²) in [6, 6.07) is 17.5. The number of para-hydroxylation sites is 1. The average Bonchev–Trinajstić information content (AvgIpc) is 3.50. The summed E-state index contributed by atoms with van der Waals surface area (Å²) in [5, 5.41) is 15.6. The van der Waals surface area contributed by atoms with Crippen molar-refractivity contribution in [3.8, 4) is 11.4 Å². The Balaban J connectivity index is 1.71. The monoisotopic (exact) mass is 486 g/mol. The predicted octanol–water partition coefficient (Wildman–Crippen LogP) is 4.24. The fourth-order valence-electron chi connectivity index (χ4n) is 3.84. The molecule has 0 fully saturated rings. The second-order valence-corrected chi connectivity index (χ2v) is 9.72. The number of carbonyl (C=O) groups excluding carboxylic acids is 2. The highest BCUT2D eigenvalue weighted by Crippen LogP contribution is 2.31. The standard InChI is InChI=1S/C27H30N6O3/c1-18-12-14-20(15-13-18)25-29-31-32(30-25)17-23(34)33(21-10-7-6-9-19(21)2)24(22-11-8-16-36-22)26(35)28-27(3,4)5/h6-16,24H,17H2,1-5H3,(H,28,35)/t24-/m0/s1. The van der Waals surface area contributed by atoms with Gasteiger partial charge in [0.25, 0.3) is 11.8 Å². The number of tetrazole rings is 1. The minimum Gasteiger partial charge on any atom is -0.467 e. The van der Waals surface area contributed by atoms with Gasteiger partial charge in [0.15, 0.2) is 6.04 Å². The van der Waals surface area contributed by atoms with Crippen LogP contribution in [0.3, 0.4) is 0 Å². The van der Waals surface area contributed by atoms with Crippen LogP contribution in [0, 0.1) is 13.8 Å². The maximum atomic E-state index is 13.8. The molecular weight excluding hydrogens is 456 g/mol. The van der Waals surface area contributed by atoms with Crippen molar-refractivity contribution < 1.29 is 14.0 Å². The SMILES string of the molecule is Cc1ccc(-c2nnn(CC(=O)N(c3ccccc3C)[C@H](C(=O)NC(C)(C)C)c3ccco3)n2)cc1. The zero-order valence-electron chi connectivity index (χ0n) is 21.1. The van der Waals surface area contributed by atoms with Gasteiger partial charge in [0.2, 0.25) is 5.82 Å². The van der Waals surface area contributed by atoms with Crippen molar-refractivity contribution >= 4 is 17.5 Å². The summed E-state index contributed by atoms with van der Waals surface area (Å²) in [5.74, 6) is 0.0158. The Bertz CT molecular complexity index is 1340. The van der Waals surface area contributed by atoms with E-state index in [2.05, 4.69) is 20.7 Å². The van der Waals surface area contributed by atoms with Crippen LogP contribution in [-0.4, -0.2) is 37.6 Å². The third-order valence-electron chi connectivity index (χ3n) is 5.50. The van der Waals surface area contributed by atoms with Crippen molar-refractivity contribution in [3.05, 3.63) is 83.8 Å². The van der Waals surface area contributed by atoms with Crippen LogP contribution < -0.4 is 10.2 Å². The van der Waals surface area contributed by atoms with Crippen molar-refractivity contribution in [3.63, 3.8) is 0 Å². The third kappa shape index (κ3) is 5.68. The molecule has 2 heterocycles. The van der Waals surface area contributed by atoms with Crippen molar-refractivity contribution in [2.45, 2.75) is 52.7 Å². The van der Waals surface area contributed by atoms with Gasteiger partial charge in [0, 0.05) is 16.8 Å². The molecule has 36 heavy (non-hydrogen) atoms. The number of aryl methyl sites for hydroxylation is 2. The molecule has 0 spiro atoms. The van der Waals surface area contributed by atoms with Gasteiger partial charge in [-0.2, -0.15) is 4.80 Å². The van der Waals surface area contributed by atoms with Gasteiger partial charge in [-0.25, -0.2) is 0 Å². The maximum absolute atomic E-state index is 13.8. The number of hydrogen-bond donors (Lipinski definition) is 1. The first-order chi connectivity index (χ1) is 17.1. The van der Waals surface area contributed by atoms with E-state index in [-0.39, 0.29) is 18.4 Å². The molecule has 4 aromatic rings. The Morgan fingerprint density at radius 1 is 1.03 bits per heavy atom. The number of hydrogen-bond acceptors (Lipinski definition) is 6. The lowest BCUT2D eigenvalue weighted by Gasteiger charge is -2.33. The predicted molar refractivity (Wildman–Crippen MR) is 136 cm³/mol. The molecule has 0 aliphatic heterocycles. The molecule has 1 atom stereocenters. The Labute approximate surface area is 210 Å². The van der Waals surface area contributed by atoms with Gasteiger partial charge < -0.3 is 9.73 Å². The van der Waals surface area contributed by atoms with Gasteiger partial charge in [-0.1, -0.05) is 48.0 Å². The van der Waals surface area contributed by atoms with E-state index in [0.29, 0.717) is 17.3 Å². The molecule has 2 aromatic heterocycles. The zero-order valence-corrected chi connectivity index (χ0v) is 21.1. The van der Waals surface area contributed by atoms with Crippen LogP contribution in [0.2, 0.25) is 0 Å². The lowest BCUT2D eigenvalue weighted by atomic mass is 10.0. The van der Waals surface area contributed by atoms with E-state index in [0.717, 1.165) is 16.7 Å². The molecule has 9 nitrogen and oxygen atoms in total. The number of amides is 2. The van der Waals surface area contributed by atoms with E-state index >= 15 is 0 Å². The maximum Gasteiger partial charge on any atom is 0.251 e. The van der Waals surface area contributed by atoms with Crippen molar-refractivity contribution in [1.82, 2.24) is 25.5 Å². The Morgan fingerprint density at radius 3 is 2.39 bits per heavy atom. The largest absolute Gasteiger partial charge is 0.467 e. The number of carbonyl (C=O) groups is 2. The summed E-state index contributed by atoms with van der Waals surface area (Å²) >= 11 is 0. The molecule has 4 rings (SSSR count). The highest BCUT2D eigenvalue weighted by molar-refractivity contribution is 6.01. The van der Waals surface area contributed by atoms with Crippen LogP contribution in [-0.2, 0) is 16.1 Å². The molecule has 0 aliphatic rings. The highest BCUT2D eigenvalue weighted by Gasteiger charge is 2.37. The normalized spacial score (nSPS) is 12.2. The number of nitrogens with zero attached hydrogens (tertiary/aromatic N) is 5. The third-order valence-corrected chi connectivity index (χ3v) is 5.50. The fraction of sp³-hybridized carbons (Fsp3) is 0.296. The van der Waals surface area contributed by atoms with Crippen LogP contribution in [0.1, 0.15) is 43.7 Å². The highest BCUT2D eigenvalue weighted by atomic mass is 16.3. The number of aromatic nitrogens is 4. The summed E-state index contributed by atoms with van der Waals surface area (Å²) in [6.07, 6.45) is 1.49. The van der Waals surface area contributed by atoms with E-state index in [1.165, 1.54) is 16.0 Å². The minimum atomic E-state index is -1.03. The molecule has 9 heteroatoms. The minimum absolute atomic E-state index is 0.215. The van der Waals surface area contributed by atoms with E-state index in [9.17, 15) is 9.59 Å². The summed E-state index contributed by atoms with van der Waals surface area (Å²) in [7, 11) is 0. The van der Waals surface area contributed by atoms with Crippen LogP contribution in [0.4, 0.5) is 5.69 Å². The van der Waals surface area contributed by atoms with Crippen LogP contribution in [0.15, 0.2) is 71.3 Å².